The Morgan fingerprint density at radius 2 is 2.29 bits per heavy atom. The van der Waals surface area contributed by atoms with Crippen LogP contribution in [0.3, 0.4) is 0 Å². The van der Waals surface area contributed by atoms with E-state index in [4.69, 9.17) is 0 Å². The Morgan fingerprint density at radius 1 is 1.47 bits per heavy atom. The molecule has 88 valence electrons. The fourth-order valence-corrected chi connectivity index (χ4v) is 1.58. The minimum atomic E-state index is -0.187. The Bertz CT molecular complexity index is 483. The van der Waals surface area contributed by atoms with E-state index < -0.39 is 0 Å². The van der Waals surface area contributed by atoms with Crippen molar-refractivity contribution in [2.75, 3.05) is 23.7 Å². The predicted molar refractivity (Wildman–Crippen MR) is 66.1 cm³/mol. The van der Waals surface area contributed by atoms with Gasteiger partial charge in [0.1, 0.15) is 0 Å². The van der Waals surface area contributed by atoms with Crippen molar-refractivity contribution in [2.45, 2.75) is 0 Å². The minimum absolute atomic E-state index is 0.110. The van der Waals surface area contributed by atoms with Gasteiger partial charge in [-0.05, 0) is 18.2 Å². The molecule has 0 radical (unpaired) electrons. The quantitative estimate of drug-likeness (QED) is 0.679. The maximum atomic E-state index is 11.7. The highest BCUT2D eigenvalue weighted by molar-refractivity contribution is 6.03. The first-order valence-corrected chi connectivity index (χ1v) is 5.27. The van der Waals surface area contributed by atoms with Gasteiger partial charge >= 0.3 is 0 Å². The molecule has 0 spiro atoms. The highest BCUT2D eigenvalue weighted by atomic mass is 16.2. The molecule has 0 unspecified atom stereocenters. The highest BCUT2D eigenvalue weighted by Gasteiger charge is 2.15. The topological polar surface area (TPSA) is 70.2 Å². The molecule has 3 N–H and O–H groups in total. The molecule has 1 aliphatic heterocycles. The van der Waals surface area contributed by atoms with Crippen molar-refractivity contribution >= 4 is 23.2 Å². The largest absolute Gasteiger partial charge is 0.374 e. The van der Waals surface area contributed by atoms with Crippen LogP contribution in [0.5, 0.6) is 0 Å². The molecule has 1 aliphatic rings. The van der Waals surface area contributed by atoms with Gasteiger partial charge in [0.15, 0.2) is 0 Å². The van der Waals surface area contributed by atoms with Crippen LogP contribution in [0.1, 0.15) is 10.4 Å². The molecule has 0 aromatic heterocycles. The van der Waals surface area contributed by atoms with Crippen LogP contribution >= 0.6 is 0 Å². The number of fused-ring (bicyclic) bond motifs is 1. The number of nitrogens with one attached hydrogen (secondary N) is 3. The van der Waals surface area contributed by atoms with Crippen molar-refractivity contribution in [2.24, 2.45) is 0 Å². The van der Waals surface area contributed by atoms with Crippen LogP contribution in [0.2, 0.25) is 0 Å². The van der Waals surface area contributed by atoms with E-state index in [1.807, 2.05) is 0 Å². The summed E-state index contributed by atoms with van der Waals surface area (Å²) < 4.78 is 0. The maximum absolute atomic E-state index is 11.7. The van der Waals surface area contributed by atoms with Crippen molar-refractivity contribution in [3.8, 4) is 0 Å². The lowest BCUT2D eigenvalue weighted by Gasteiger charge is -2.19. The predicted octanol–water partition coefficient (Wildman–Crippen LogP) is 0.966. The van der Waals surface area contributed by atoms with Crippen molar-refractivity contribution in [3.05, 3.63) is 36.4 Å². The number of amides is 2. The Labute approximate surface area is 98.9 Å². The zero-order chi connectivity index (χ0) is 12.3. The first-order valence-electron chi connectivity index (χ1n) is 5.27. The molecular formula is C12H13N3O2. The molecular weight excluding hydrogens is 218 g/mol. The van der Waals surface area contributed by atoms with E-state index in [1.54, 1.807) is 24.3 Å². The summed E-state index contributed by atoms with van der Waals surface area (Å²) in [7, 11) is 0. The van der Waals surface area contributed by atoms with Gasteiger partial charge in [0, 0.05) is 12.1 Å². The lowest BCUT2D eigenvalue weighted by atomic mass is 10.1. The van der Waals surface area contributed by atoms with Gasteiger partial charge in [-0.2, -0.15) is 0 Å². The summed E-state index contributed by atoms with van der Waals surface area (Å²) >= 11 is 0. The fraction of sp³-hybridized carbons (Fsp3) is 0.167. The van der Waals surface area contributed by atoms with Crippen molar-refractivity contribution < 1.29 is 9.59 Å². The molecule has 2 amide bonds. The second-order valence-corrected chi connectivity index (χ2v) is 3.66. The number of hydrogen-bond donors (Lipinski definition) is 3. The Balaban J connectivity index is 2.20. The van der Waals surface area contributed by atoms with Gasteiger partial charge in [-0.1, -0.05) is 6.08 Å². The Hall–Kier alpha value is -2.30. The van der Waals surface area contributed by atoms with Gasteiger partial charge in [-0.15, -0.1) is 6.58 Å². The highest BCUT2D eigenvalue weighted by Crippen LogP contribution is 2.25. The van der Waals surface area contributed by atoms with E-state index >= 15 is 0 Å². The van der Waals surface area contributed by atoms with Gasteiger partial charge in [0.05, 0.1) is 17.9 Å². The molecule has 17 heavy (non-hydrogen) atoms. The molecule has 0 aliphatic carbocycles. The summed E-state index contributed by atoms with van der Waals surface area (Å²) in [5, 5.41) is 8.35. The number of anilines is 2. The number of carbonyl (C=O) groups excluding carboxylic acids is 2. The second kappa shape index (κ2) is 4.69. The molecule has 1 heterocycles. The lowest BCUT2D eigenvalue weighted by Crippen LogP contribution is -2.28. The summed E-state index contributed by atoms with van der Waals surface area (Å²) in [5.41, 5.74) is 1.96. The monoisotopic (exact) mass is 231 g/mol. The Morgan fingerprint density at radius 3 is 3.06 bits per heavy atom. The third kappa shape index (κ3) is 2.44. The molecule has 0 saturated carbocycles. The van der Waals surface area contributed by atoms with E-state index in [0.29, 0.717) is 17.8 Å². The molecule has 5 heteroatoms. The summed E-state index contributed by atoms with van der Waals surface area (Å²) in [6.45, 7) is 4.20. The summed E-state index contributed by atoms with van der Waals surface area (Å²) in [5.74, 6) is -0.298. The number of rotatable bonds is 3. The van der Waals surface area contributed by atoms with Gasteiger partial charge in [0.2, 0.25) is 5.91 Å². The smallest absolute Gasteiger partial charge is 0.251 e. The third-order valence-electron chi connectivity index (χ3n) is 2.40. The normalized spacial score (nSPS) is 13.1. The van der Waals surface area contributed by atoms with E-state index in [9.17, 15) is 9.59 Å². The maximum Gasteiger partial charge on any atom is 0.251 e. The first-order chi connectivity index (χ1) is 8.20. The molecule has 1 aromatic rings. The Kier molecular flexibility index (Phi) is 3.09. The van der Waals surface area contributed by atoms with E-state index in [2.05, 4.69) is 22.5 Å². The molecule has 0 atom stereocenters. The van der Waals surface area contributed by atoms with Gasteiger partial charge in [-0.25, -0.2) is 0 Å². The second-order valence-electron chi connectivity index (χ2n) is 3.66. The average Bonchev–Trinajstić information content (AvgIpc) is 2.35. The fourth-order valence-electron chi connectivity index (χ4n) is 1.58. The number of benzene rings is 1. The zero-order valence-corrected chi connectivity index (χ0v) is 9.25. The van der Waals surface area contributed by atoms with E-state index in [1.165, 1.54) is 0 Å². The number of hydrogen-bond acceptors (Lipinski definition) is 3. The average molecular weight is 231 g/mol. The molecule has 5 nitrogen and oxygen atoms in total. The zero-order valence-electron chi connectivity index (χ0n) is 9.25. The van der Waals surface area contributed by atoms with Crippen LogP contribution < -0.4 is 16.0 Å². The SMILES string of the molecule is C=CCNC(=O)c1ccc2c(c1)NC(=O)CN2. The lowest BCUT2D eigenvalue weighted by molar-refractivity contribution is -0.114. The van der Waals surface area contributed by atoms with Crippen LogP contribution in [-0.4, -0.2) is 24.9 Å². The van der Waals surface area contributed by atoms with E-state index in [0.717, 1.165) is 5.69 Å². The van der Waals surface area contributed by atoms with Crippen molar-refractivity contribution in [3.63, 3.8) is 0 Å². The van der Waals surface area contributed by atoms with Crippen LogP contribution in [0.15, 0.2) is 30.9 Å². The van der Waals surface area contributed by atoms with Crippen LogP contribution in [-0.2, 0) is 4.79 Å². The molecule has 0 fully saturated rings. The standard InChI is InChI=1S/C12H13N3O2/c1-2-5-13-12(17)8-3-4-9-10(6-8)15-11(16)7-14-9/h2-4,6,14H,1,5,7H2,(H,13,17)(H,15,16). The van der Waals surface area contributed by atoms with Crippen LogP contribution in [0.4, 0.5) is 11.4 Å². The summed E-state index contributed by atoms with van der Waals surface area (Å²) in [6.07, 6.45) is 1.61. The summed E-state index contributed by atoms with van der Waals surface area (Å²) in [4.78, 5) is 22.9. The van der Waals surface area contributed by atoms with Gasteiger partial charge in [-0.3, -0.25) is 9.59 Å². The molecule has 2 rings (SSSR count). The third-order valence-corrected chi connectivity index (χ3v) is 2.40. The molecule has 0 bridgehead atoms. The first kappa shape index (κ1) is 11.2. The number of carbonyl (C=O) groups is 2. The molecule has 0 saturated heterocycles. The van der Waals surface area contributed by atoms with Crippen LogP contribution in [0, 0.1) is 0 Å². The summed E-state index contributed by atoms with van der Waals surface area (Å²) in [6, 6.07) is 5.14. The molecule has 1 aromatic carbocycles. The minimum Gasteiger partial charge on any atom is -0.374 e. The van der Waals surface area contributed by atoms with Crippen LogP contribution in [0.25, 0.3) is 0 Å². The van der Waals surface area contributed by atoms with Crippen molar-refractivity contribution in [1.82, 2.24) is 5.32 Å². The van der Waals surface area contributed by atoms with Gasteiger partial charge < -0.3 is 16.0 Å². The van der Waals surface area contributed by atoms with E-state index in [-0.39, 0.29) is 18.4 Å². The van der Waals surface area contributed by atoms with Crippen molar-refractivity contribution in [1.29, 1.82) is 0 Å². The van der Waals surface area contributed by atoms with Gasteiger partial charge in [0.25, 0.3) is 5.91 Å².